The molecular formula is C50H39N3. The average Bonchev–Trinajstić information content (AvgIpc) is 3.24. The van der Waals surface area contributed by atoms with Gasteiger partial charge in [0.2, 0.25) is 0 Å². The first-order chi connectivity index (χ1) is 26.2. The topological polar surface area (TPSA) is 36.8 Å². The van der Waals surface area contributed by atoms with Crippen molar-refractivity contribution >= 4 is 33.6 Å². The van der Waals surface area contributed by atoms with Crippen LogP contribution in [0.2, 0.25) is 0 Å². The molecule has 0 radical (unpaired) electrons. The number of nitrogens with zero attached hydrogens (tertiary/aromatic N) is 2. The number of amidine groups is 2. The van der Waals surface area contributed by atoms with E-state index in [0.29, 0.717) is 5.92 Å². The fraction of sp³-hybridized carbons (Fsp3) is 0.0800. The highest BCUT2D eigenvalue weighted by atomic mass is 15.2. The number of fused-ring (bicyclic) bond motifs is 1. The molecule has 0 saturated carbocycles. The van der Waals surface area contributed by atoms with E-state index in [-0.39, 0.29) is 0 Å². The normalized spacial score (nSPS) is 16.9. The van der Waals surface area contributed by atoms with Crippen LogP contribution in [0.15, 0.2) is 198 Å². The Balaban J connectivity index is 1.14. The maximum absolute atomic E-state index is 5.26. The lowest BCUT2D eigenvalue weighted by molar-refractivity contribution is 0.756. The van der Waals surface area contributed by atoms with E-state index in [4.69, 9.17) is 9.98 Å². The Morgan fingerprint density at radius 2 is 1.06 bits per heavy atom. The van der Waals surface area contributed by atoms with Gasteiger partial charge in [0.15, 0.2) is 6.17 Å². The molecule has 9 rings (SSSR count). The molecule has 254 valence electrons. The van der Waals surface area contributed by atoms with Gasteiger partial charge < -0.3 is 5.32 Å². The van der Waals surface area contributed by atoms with E-state index in [1.54, 1.807) is 0 Å². The minimum absolute atomic E-state index is 0.362. The summed E-state index contributed by atoms with van der Waals surface area (Å²) >= 11 is 0. The van der Waals surface area contributed by atoms with Crippen LogP contribution in [0.4, 0.5) is 0 Å². The molecule has 1 heterocycles. The predicted molar refractivity (Wildman–Crippen MR) is 223 cm³/mol. The lowest BCUT2D eigenvalue weighted by Crippen LogP contribution is -2.36. The van der Waals surface area contributed by atoms with Crippen molar-refractivity contribution in [3.63, 3.8) is 0 Å². The first kappa shape index (κ1) is 32.3. The Labute approximate surface area is 311 Å². The van der Waals surface area contributed by atoms with Crippen LogP contribution in [0.25, 0.3) is 44.2 Å². The number of hydrogen-bond donors (Lipinski definition) is 1. The molecular weight excluding hydrogens is 643 g/mol. The standard InChI is InChI=1S/C50H39N3/c1-34-32-41(36-16-7-3-8-17-36)29-30-44(34)46-31-28-38-18-11-12-23-45(38)47(46)42-21-13-22-43(33-42)50-52-48(39-19-9-4-10-20-39)51-49(53-50)40-26-24-37(25-27-40)35-14-5-2-6-15-35/h2-31,33-34,50H,32H2,1H3,(H,51,52,53). The summed E-state index contributed by atoms with van der Waals surface area (Å²) in [6.07, 6.45) is 5.24. The Kier molecular flexibility index (Phi) is 8.67. The van der Waals surface area contributed by atoms with Gasteiger partial charge in [-0.1, -0.05) is 189 Å². The summed E-state index contributed by atoms with van der Waals surface area (Å²) in [7, 11) is 0. The van der Waals surface area contributed by atoms with Gasteiger partial charge in [0, 0.05) is 11.1 Å². The van der Waals surface area contributed by atoms with Crippen molar-refractivity contribution in [2.45, 2.75) is 19.5 Å². The molecule has 0 fully saturated rings. The minimum Gasteiger partial charge on any atom is -0.324 e. The molecule has 7 aromatic carbocycles. The zero-order valence-electron chi connectivity index (χ0n) is 29.7. The summed E-state index contributed by atoms with van der Waals surface area (Å²) in [4.78, 5) is 10.5. The highest BCUT2D eigenvalue weighted by Crippen LogP contribution is 2.43. The third-order valence-electron chi connectivity index (χ3n) is 10.4. The first-order valence-corrected chi connectivity index (χ1v) is 18.4. The molecule has 1 aliphatic carbocycles. The van der Waals surface area contributed by atoms with Crippen LogP contribution in [-0.2, 0) is 0 Å². The van der Waals surface area contributed by atoms with E-state index in [1.807, 2.05) is 12.1 Å². The van der Waals surface area contributed by atoms with Crippen molar-refractivity contribution in [2.24, 2.45) is 15.9 Å². The largest absolute Gasteiger partial charge is 0.324 e. The Hall–Kier alpha value is -6.58. The van der Waals surface area contributed by atoms with Crippen molar-refractivity contribution in [2.75, 3.05) is 0 Å². The lowest BCUT2D eigenvalue weighted by Gasteiger charge is -2.26. The number of rotatable bonds is 7. The second kappa shape index (κ2) is 14.2. The Bertz CT molecular complexity index is 2540. The van der Waals surface area contributed by atoms with Gasteiger partial charge in [0.25, 0.3) is 0 Å². The molecule has 1 aliphatic heterocycles. The highest BCUT2D eigenvalue weighted by Gasteiger charge is 2.24. The van der Waals surface area contributed by atoms with Gasteiger partial charge in [0.05, 0.1) is 0 Å². The van der Waals surface area contributed by atoms with E-state index in [0.717, 1.165) is 34.8 Å². The van der Waals surface area contributed by atoms with E-state index in [9.17, 15) is 0 Å². The fourth-order valence-electron chi connectivity index (χ4n) is 7.70. The monoisotopic (exact) mass is 681 g/mol. The van der Waals surface area contributed by atoms with Crippen LogP contribution >= 0.6 is 0 Å². The van der Waals surface area contributed by atoms with Crippen molar-refractivity contribution < 1.29 is 0 Å². The van der Waals surface area contributed by atoms with Crippen LogP contribution in [0.5, 0.6) is 0 Å². The number of aliphatic imine (C=N–C) groups is 2. The summed E-state index contributed by atoms with van der Waals surface area (Å²) in [6.45, 7) is 2.36. The van der Waals surface area contributed by atoms with Gasteiger partial charge in [-0.25, -0.2) is 9.98 Å². The molecule has 0 saturated heterocycles. The molecule has 1 N–H and O–H groups in total. The van der Waals surface area contributed by atoms with Crippen LogP contribution in [0.1, 0.15) is 47.3 Å². The van der Waals surface area contributed by atoms with E-state index < -0.39 is 6.17 Å². The second-order valence-corrected chi connectivity index (χ2v) is 13.9. The Morgan fingerprint density at radius 3 is 1.75 bits per heavy atom. The van der Waals surface area contributed by atoms with Gasteiger partial charge in [-0.15, -0.1) is 0 Å². The van der Waals surface area contributed by atoms with Crippen molar-refractivity contribution in [1.82, 2.24) is 5.32 Å². The number of nitrogens with one attached hydrogen (secondary N) is 1. The SMILES string of the molecule is CC1CC(c2ccccc2)=CC=C1c1ccc2ccccc2c1-c1cccc(C2N=C(c3ccccc3)NC(c3ccc(-c4ccccc4)cc3)=N2)c1. The molecule has 2 aliphatic rings. The third kappa shape index (κ3) is 6.54. The average molecular weight is 682 g/mol. The van der Waals surface area contributed by atoms with Gasteiger partial charge in [-0.3, -0.25) is 0 Å². The second-order valence-electron chi connectivity index (χ2n) is 13.9. The van der Waals surface area contributed by atoms with E-state index in [1.165, 1.54) is 55.3 Å². The maximum Gasteiger partial charge on any atom is 0.169 e. The summed E-state index contributed by atoms with van der Waals surface area (Å²) in [5, 5.41) is 6.05. The molecule has 0 amide bonds. The summed E-state index contributed by atoms with van der Waals surface area (Å²) in [6, 6.07) is 62.4. The molecule has 0 bridgehead atoms. The number of allylic oxidation sites excluding steroid dienone is 4. The van der Waals surface area contributed by atoms with Crippen molar-refractivity contribution in [3.05, 3.63) is 216 Å². The van der Waals surface area contributed by atoms with E-state index >= 15 is 0 Å². The van der Waals surface area contributed by atoms with Gasteiger partial charge in [-0.2, -0.15) is 0 Å². The van der Waals surface area contributed by atoms with Crippen LogP contribution < -0.4 is 5.32 Å². The zero-order chi connectivity index (χ0) is 35.6. The van der Waals surface area contributed by atoms with Crippen molar-refractivity contribution in [1.29, 1.82) is 0 Å². The van der Waals surface area contributed by atoms with E-state index in [2.05, 4.69) is 188 Å². The summed E-state index contributed by atoms with van der Waals surface area (Å²) < 4.78 is 0. The first-order valence-electron chi connectivity index (χ1n) is 18.4. The molecule has 7 aromatic rings. The Morgan fingerprint density at radius 1 is 0.491 bits per heavy atom. The van der Waals surface area contributed by atoms with Crippen LogP contribution in [0, 0.1) is 5.92 Å². The molecule has 53 heavy (non-hydrogen) atoms. The smallest absolute Gasteiger partial charge is 0.169 e. The van der Waals surface area contributed by atoms with Crippen molar-refractivity contribution in [3.8, 4) is 22.3 Å². The highest BCUT2D eigenvalue weighted by molar-refractivity contribution is 6.16. The van der Waals surface area contributed by atoms with Gasteiger partial charge in [0.1, 0.15) is 11.7 Å². The number of benzene rings is 7. The lowest BCUT2D eigenvalue weighted by atomic mass is 9.79. The predicted octanol–water partition coefficient (Wildman–Crippen LogP) is 12.2. The molecule has 2 unspecified atom stereocenters. The molecule has 3 heteroatoms. The molecule has 3 nitrogen and oxygen atoms in total. The molecule has 0 spiro atoms. The quantitative estimate of drug-likeness (QED) is 0.179. The third-order valence-corrected chi connectivity index (χ3v) is 10.4. The maximum atomic E-state index is 5.26. The van der Waals surface area contributed by atoms with Gasteiger partial charge >= 0.3 is 0 Å². The van der Waals surface area contributed by atoms with Gasteiger partial charge in [-0.05, 0) is 79.3 Å². The number of hydrogen-bond acceptors (Lipinski definition) is 3. The molecule has 0 aromatic heterocycles. The summed E-state index contributed by atoms with van der Waals surface area (Å²) in [5.41, 5.74) is 13.2. The van der Waals surface area contributed by atoms with Crippen LogP contribution in [0.3, 0.4) is 0 Å². The fourth-order valence-corrected chi connectivity index (χ4v) is 7.70. The minimum atomic E-state index is -0.419. The molecule has 2 atom stereocenters. The van der Waals surface area contributed by atoms with Crippen LogP contribution in [-0.4, -0.2) is 11.7 Å². The zero-order valence-corrected chi connectivity index (χ0v) is 29.7. The summed E-state index contributed by atoms with van der Waals surface area (Å²) in [5.74, 6) is 1.98.